The number of hydrogen-bond donors (Lipinski definition) is 3. The molecule has 1 aromatic rings. The Kier molecular flexibility index (Phi) is 5.03. The van der Waals surface area contributed by atoms with Gasteiger partial charge < -0.3 is 21.1 Å². The van der Waals surface area contributed by atoms with Gasteiger partial charge in [0.1, 0.15) is 0 Å². The molecule has 1 aliphatic rings. The first-order chi connectivity index (χ1) is 10.1. The molecular formula is C15H21N3O3. The van der Waals surface area contributed by atoms with Crippen LogP contribution in [0.15, 0.2) is 18.2 Å². The number of nitrogens with two attached hydrogens (primary N) is 1. The SMILES string of the molecule is CCOC(=O)c1cccc(N)c1NCCNC(=O)C1CC1. The third-order valence-electron chi connectivity index (χ3n) is 3.27. The number of ether oxygens (including phenoxy) is 1. The normalized spacial score (nSPS) is 13.6. The van der Waals surface area contributed by atoms with E-state index in [4.69, 9.17) is 10.5 Å². The van der Waals surface area contributed by atoms with Gasteiger partial charge in [-0.1, -0.05) is 6.07 Å². The van der Waals surface area contributed by atoms with Crippen LogP contribution in [0.25, 0.3) is 0 Å². The first-order valence-electron chi connectivity index (χ1n) is 7.20. The quantitative estimate of drug-likeness (QED) is 0.401. The highest BCUT2D eigenvalue weighted by Crippen LogP contribution is 2.28. The third-order valence-corrected chi connectivity index (χ3v) is 3.27. The second-order valence-electron chi connectivity index (χ2n) is 4.98. The fraction of sp³-hybridized carbons (Fsp3) is 0.467. The highest BCUT2D eigenvalue weighted by Gasteiger charge is 2.29. The second kappa shape index (κ2) is 6.97. The van der Waals surface area contributed by atoms with Crippen LogP contribution in [0.2, 0.25) is 0 Å². The van der Waals surface area contributed by atoms with Crippen LogP contribution in [0, 0.1) is 5.92 Å². The fourth-order valence-corrected chi connectivity index (χ4v) is 2.01. The molecule has 1 amide bonds. The summed E-state index contributed by atoms with van der Waals surface area (Å²) in [4.78, 5) is 23.4. The first kappa shape index (κ1) is 15.2. The van der Waals surface area contributed by atoms with E-state index in [2.05, 4.69) is 10.6 Å². The van der Waals surface area contributed by atoms with Crippen LogP contribution >= 0.6 is 0 Å². The van der Waals surface area contributed by atoms with Crippen molar-refractivity contribution < 1.29 is 14.3 Å². The molecule has 114 valence electrons. The molecule has 0 atom stereocenters. The smallest absolute Gasteiger partial charge is 0.340 e. The van der Waals surface area contributed by atoms with Crippen LogP contribution in [0.4, 0.5) is 11.4 Å². The minimum absolute atomic E-state index is 0.100. The molecule has 0 bridgehead atoms. The Bertz CT molecular complexity index is 527. The van der Waals surface area contributed by atoms with E-state index in [1.165, 1.54) is 0 Å². The largest absolute Gasteiger partial charge is 0.462 e. The lowest BCUT2D eigenvalue weighted by Crippen LogP contribution is -2.30. The van der Waals surface area contributed by atoms with E-state index in [9.17, 15) is 9.59 Å². The number of benzene rings is 1. The number of carbonyl (C=O) groups is 2. The molecule has 4 N–H and O–H groups in total. The second-order valence-corrected chi connectivity index (χ2v) is 4.98. The van der Waals surface area contributed by atoms with Gasteiger partial charge >= 0.3 is 5.97 Å². The van der Waals surface area contributed by atoms with Gasteiger partial charge in [-0.3, -0.25) is 4.79 Å². The summed E-state index contributed by atoms with van der Waals surface area (Å²) in [5.74, 6) is -0.111. The summed E-state index contributed by atoms with van der Waals surface area (Å²) in [6.45, 7) is 3.06. The minimum atomic E-state index is -0.408. The summed E-state index contributed by atoms with van der Waals surface area (Å²) >= 11 is 0. The van der Waals surface area contributed by atoms with Crippen LogP contribution in [-0.2, 0) is 9.53 Å². The van der Waals surface area contributed by atoms with Crippen LogP contribution < -0.4 is 16.4 Å². The molecule has 1 fully saturated rings. The predicted molar refractivity (Wildman–Crippen MR) is 81.0 cm³/mol. The van der Waals surface area contributed by atoms with E-state index in [1.54, 1.807) is 25.1 Å². The molecule has 0 aromatic heterocycles. The summed E-state index contributed by atoms with van der Waals surface area (Å²) in [7, 11) is 0. The molecule has 6 nitrogen and oxygen atoms in total. The molecule has 1 saturated carbocycles. The number of rotatable bonds is 7. The van der Waals surface area contributed by atoms with Crippen molar-refractivity contribution in [2.24, 2.45) is 5.92 Å². The molecule has 6 heteroatoms. The van der Waals surface area contributed by atoms with Crippen molar-refractivity contribution in [2.45, 2.75) is 19.8 Å². The molecule has 2 rings (SSSR count). The molecule has 0 saturated heterocycles. The zero-order chi connectivity index (χ0) is 15.2. The van der Waals surface area contributed by atoms with E-state index in [0.29, 0.717) is 36.6 Å². The number of nitrogen functional groups attached to an aromatic ring is 1. The maximum atomic E-state index is 11.9. The Morgan fingerprint density at radius 2 is 2.10 bits per heavy atom. The number of anilines is 2. The van der Waals surface area contributed by atoms with Crippen molar-refractivity contribution >= 4 is 23.3 Å². The Morgan fingerprint density at radius 3 is 2.76 bits per heavy atom. The molecule has 21 heavy (non-hydrogen) atoms. The highest BCUT2D eigenvalue weighted by molar-refractivity contribution is 5.98. The maximum absolute atomic E-state index is 11.9. The monoisotopic (exact) mass is 291 g/mol. The Balaban J connectivity index is 1.91. The molecule has 1 aromatic carbocycles. The van der Waals surface area contributed by atoms with Crippen LogP contribution in [0.5, 0.6) is 0 Å². The van der Waals surface area contributed by atoms with Gasteiger partial charge in [0.2, 0.25) is 5.91 Å². The molecule has 0 spiro atoms. The van der Waals surface area contributed by atoms with Gasteiger partial charge in [0.05, 0.1) is 23.5 Å². The van der Waals surface area contributed by atoms with E-state index in [0.717, 1.165) is 12.8 Å². The van der Waals surface area contributed by atoms with Crippen molar-refractivity contribution in [1.82, 2.24) is 5.32 Å². The lowest BCUT2D eigenvalue weighted by Gasteiger charge is -2.14. The maximum Gasteiger partial charge on any atom is 0.340 e. The van der Waals surface area contributed by atoms with E-state index < -0.39 is 5.97 Å². The van der Waals surface area contributed by atoms with Crippen molar-refractivity contribution in [3.63, 3.8) is 0 Å². The lowest BCUT2D eigenvalue weighted by molar-refractivity contribution is -0.122. The summed E-state index contributed by atoms with van der Waals surface area (Å²) in [6, 6.07) is 5.09. The zero-order valence-electron chi connectivity index (χ0n) is 12.1. The van der Waals surface area contributed by atoms with Gasteiger partial charge in [-0.05, 0) is 31.9 Å². The Hall–Kier alpha value is -2.24. The summed E-state index contributed by atoms with van der Waals surface area (Å²) < 4.78 is 5.00. The summed E-state index contributed by atoms with van der Waals surface area (Å²) in [5, 5.41) is 5.94. The molecule has 0 unspecified atom stereocenters. The van der Waals surface area contributed by atoms with E-state index in [-0.39, 0.29) is 11.8 Å². The Labute approximate surface area is 124 Å². The Morgan fingerprint density at radius 1 is 1.33 bits per heavy atom. The van der Waals surface area contributed by atoms with Crippen molar-refractivity contribution in [2.75, 3.05) is 30.7 Å². The van der Waals surface area contributed by atoms with Crippen molar-refractivity contribution in [3.8, 4) is 0 Å². The highest BCUT2D eigenvalue weighted by atomic mass is 16.5. The zero-order valence-corrected chi connectivity index (χ0v) is 12.1. The summed E-state index contributed by atoms with van der Waals surface area (Å²) in [5.41, 5.74) is 7.34. The minimum Gasteiger partial charge on any atom is -0.462 e. The number of nitrogens with one attached hydrogen (secondary N) is 2. The molecular weight excluding hydrogens is 270 g/mol. The lowest BCUT2D eigenvalue weighted by atomic mass is 10.1. The van der Waals surface area contributed by atoms with Crippen molar-refractivity contribution in [1.29, 1.82) is 0 Å². The van der Waals surface area contributed by atoms with Gasteiger partial charge in [-0.25, -0.2) is 4.79 Å². The third kappa shape index (κ3) is 4.11. The standard InChI is InChI=1S/C15H21N3O3/c1-2-21-15(20)11-4-3-5-12(16)13(11)17-8-9-18-14(19)10-6-7-10/h3-5,10,17H,2,6-9,16H2,1H3,(H,18,19). The fourth-order valence-electron chi connectivity index (χ4n) is 2.01. The predicted octanol–water partition coefficient (Wildman–Crippen LogP) is 1.38. The van der Waals surface area contributed by atoms with Gasteiger partial charge in [0.15, 0.2) is 0 Å². The molecule has 0 heterocycles. The van der Waals surface area contributed by atoms with Gasteiger partial charge in [-0.2, -0.15) is 0 Å². The topological polar surface area (TPSA) is 93.4 Å². The average molecular weight is 291 g/mol. The average Bonchev–Trinajstić information content (AvgIpc) is 3.29. The van der Waals surface area contributed by atoms with Crippen LogP contribution in [0.1, 0.15) is 30.1 Å². The van der Waals surface area contributed by atoms with Gasteiger partial charge in [-0.15, -0.1) is 0 Å². The van der Waals surface area contributed by atoms with Gasteiger partial charge in [0.25, 0.3) is 0 Å². The van der Waals surface area contributed by atoms with Crippen LogP contribution in [-0.4, -0.2) is 31.6 Å². The number of amides is 1. The number of para-hydroxylation sites is 1. The van der Waals surface area contributed by atoms with Crippen LogP contribution in [0.3, 0.4) is 0 Å². The molecule has 0 radical (unpaired) electrons. The molecule has 0 aliphatic heterocycles. The number of carbonyl (C=O) groups excluding carboxylic acids is 2. The van der Waals surface area contributed by atoms with Gasteiger partial charge in [0, 0.05) is 19.0 Å². The first-order valence-corrected chi connectivity index (χ1v) is 7.20. The van der Waals surface area contributed by atoms with E-state index in [1.807, 2.05) is 0 Å². The van der Waals surface area contributed by atoms with Crippen molar-refractivity contribution in [3.05, 3.63) is 23.8 Å². The summed E-state index contributed by atoms with van der Waals surface area (Å²) in [6.07, 6.45) is 1.97. The number of hydrogen-bond acceptors (Lipinski definition) is 5. The van der Waals surface area contributed by atoms with E-state index >= 15 is 0 Å². The molecule has 1 aliphatic carbocycles. The number of esters is 1.